The Hall–Kier alpha value is -3.01. The number of benzene rings is 2. The molecule has 1 aliphatic heterocycles. The second-order valence-corrected chi connectivity index (χ2v) is 9.59. The maximum atomic E-state index is 13.7. The van der Waals surface area contributed by atoms with E-state index in [9.17, 15) is 18.3 Å². The summed E-state index contributed by atoms with van der Waals surface area (Å²) in [5, 5.41) is 12.4. The molecule has 0 radical (unpaired) electrons. The number of aliphatic hydroxyl groups is 1. The van der Waals surface area contributed by atoms with Gasteiger partial charge in [-0.1, -0.05) is 35.3 Å². The SMILES string of the molecule is C[C@@H]1CN(c2ncc(CO)cc2Cl)CCN1n1cnc2cc(C(F)(F)F)cc(-c3ccc(Cl)cc3)c21. The number of pyridine rings is 1. The predicted molar refractivity (Wildman–Crippen MR) is 135 cm³/mol. The number of anilines is 1. The van der Waals surface area contributed by atoms with Gasteiger partial charge in [-0.2, -0.15) is 13.2 Å². The van der Waals surface area contributed by atoms with Gasteiger partial charge in [-0.3, -0.25) is 0 Å². The van der Waals surface area contributed by atoms with Crippen LogP contribution in [-0.2, 0) is 12.8 Å². The van der Waals surface area contributed by atoms with E-state index in [2.05, 4.69) is 19.9 Å². The molecule has 6 nitrogen and oxygen atoms in total. The Bertz CT molecular complexity index is 1410. The van der Waals surface area contributed by atoms with Gasteiger partial charge in [-0.25, -0.2) is 14.6 Å². The van der Waals surface area contributed by atoms with Gasteiger partial charge in [0.05, 0.1) is 40.8 Å². The van der Waals surface area contributed by atoms with E-state index < -0.39 is 11.7 Å². The minimum absolute atomic E-state index is 0.0353. The van der Waals surface area contributed by atoms with Crippen LogP contribution in [0.1, 0.15) is 18.1 Å². The third-order valence-corrected chi connectivity index (χ3v) is 6.87. The topological polar surface area (TPSA) is 57.4 Å². The van der Waals surface area contributed by atoms with E-state index in [1.54, 1.807) is 42.9 Å². The Morgan fingerprint density at radius 2 is 1.81 bits per heavy atom. The van der Waals surface area contributed by atoms with Crippen molar-refractivity contribution in [3.05, 3.63) is 76.2 Å². The Morgan fingerprint density at radius 1 is 1.06 bits per heavy atom. The summed E-state index contributed by atoms with van der Waals surface area (Å²) in [5.41, 5.74) is 1.77. The number of fused-ring (bicyclic) bond motifs is 1. The number of nitrogens with zero attached hydrogens (tertiary/aromatic N) is 5. The van der Waals surface area contributed by atoms with Gasteiger partial charge in [0.15, 0.2) is 0 Å². The molecule has 0 amide bonds. The van der Waals surface area contributed by atoms with Crippen molar-refractivity contribution < 1.29 is 18.3 Å². The second kappa shape index (κ2) is 9.46. The Labute approximate surface area is 215 Å². The van der Waals surface area contributed by atoms with Gasteiger partial charge in [0.1, 0.15) is 12.1 Å². The molecular weight excluding hydrogens is 514 g/mol. The minimum atomic E-state index is -4.50. The van der Waals surface area contributed by atoms with E-state index >= 15 is 0 Å². The van der Waals surface area contributed by atoms with Crippen LogP contribution < -0.4 is 9.91 Å². The Balaban J connectivity index is 1.53. The number of rotatable bonds is 4. The summed E-state index contributed by atoms with van der Waals surface area (Å²) in [7, 11) is 0. The second-order valence-electron chi connectivity index (χ2n) is 8.75. The average molecular weight is 536 g/mol. The number of imidazole rings is 1. The van der Waals surface area contributed by atoms with Gasteiger partial charge in [0.2, 0.25) is 0 Å². The van der Waals surface area contributed by atoms with Crippen LogP contribution in [0.4, 0.5) is 19.0 Å². The molecule has 1 fully saturated rings. The molecule has 0 aliphatic carbocycles. The summed E-state index contributed by atoms with van der Waals surface area (Å²) in [6, 6.07) is 10.6. The normalized spacial score (nSPS) is 16.7. The molecule has 0 unspecified atom stereocenters. The lowest BCUT2D eigenvalue weighted by Crippen LogP contribution is -2.56. The summed E-state index contributed by atoms with van der Waals surface area (Å²) in [6.45, 7) is 3.62. The highest BCUT2D eigenvalue weighted by molar-refractivity contribution is 6.33. The van der Waals surface area contributed by atoms with Gasteiger partial charge in [0, 0.05) is 29.9 Å². The molecule has 3 heterocycles. The molecule has 1 aliphatic rings. The molecule has 36 heavy (non-hydrogen) atoms. The molecule has 188 valence electrons. The molecule has 0 bridgehead atoms. The third kappa shape index (κ3) is 4.58. The summed E-state index contributed by atoms with van der Waals surface area (Å²) in [6.07, 6.45) is -1.34. The van der Waals surface area contributed by atoms with Gasteiger partial charge >= 0.3 is 6.18 Å². The fraction of sp³-hybridized carbons (Fsp3) is 0.280. The number of hydrogen-bond acceptors (Lipinski definition) is 5. The van der Waals surface area contributed by atoms with Crippen molar-refractivity contribution in [2.45, 2.75) is 25.7 Å². The summed E-state index contributed by atoms with van der Waals surface area (Å²) in [5.74, 6) is 0.632. The van der Waals surface area contributed by atoms with Gasteiger partial charge in [0.25, 0.3) is 0 Å². The molecule has 0 spiro atoms. The van der Waals surface area contributed by atoms with Crippen molar-refractivity contribution in [2.24, 2.45) is 0 Å². The van der Waals surface area contributed by atoms with Gasteiger partial charge in [-0.05, 0) is 48.4 Å². The van der Waals surface area contributed by atoms with Gasteiger partial charge < -0.3 is 15.0 Å². The zero-order chi connectivity index (χ0) is 25.6. The van der Waals surface area contributed by atoms with Gasteiger partial charge in [-0.15, -0.1) is 0 Å². The van der Waals surface area contributed by atoms with E-state index in [-0.39, 0.29) is 18.2 Å². The lowest BCUT2D eigenvalue weighted by Gasteiger charge is -2.42. The molecule has 1 N–H and O–H groups in total. The molecule has 1 atom stereocenters. The van der Waals surface area contributed by atoms with Crippen molar-refractivity contribution in [2.75, 3.05) is 29.5 Å². The van der Waals surface area contributed by atoms with Crippen LogP contribution in [0.2, 0.25) is 10.0 Å². The summed E-state index contributed by atoms with van der Waals surface area (Å²) in [4.78, 5) is 10.8. The van der Waals surface area contributed by atoms with Crippen LogP contribution in [0.25, 0.3) is 22.2 Å². The first-order chi connectivity index (χ1) is 17.2. The fourth-order valence-electron chi connectivity index (χ4n) is 4.59. The van der Waals surface area contributed by atoms with Crippen LogP contribution in [0, 0.1) is 0 Å². The number of alkyl halides is 3. The van der Waals surface area contributed by atoms with Crippen LogP contribution in [0.5, 0.6) is 0 Å². The van der Waals surface area contributed by atoms with E-state index in [0.717, 1.165) is 12.1 Å². The number of piperazine rings is 1. The maximum absolute atomic E-state index is 13.7. The number of hydrogen-bond donors (Lipinski definition) is 1. The smallest absolute Gasteiger partial charge is 0.392 e. The Morgan fingerprint density at radius 3 is 2.44 bits per heavy atom. The van der Waals surface area contributed by atoms with E-state index in [1.165, 1.54) is 0 Å². The van der Waals surface area contributed by atoms with Crippen LogP contribution >= 0.6 is 23.2 Å². The maximum Gasteiger partial charge on any atom is 0.416 e. The number of halogens is 5. The molecule has 2 aromatic heterocycles. The summed E-state index contributed by atoms with van der Waals surface area (Å²) >= 11 is 12.4. The molecular formula is C25H22Cl2F3N5O. The number of aromatic nitrogens is 3. The zero-order valence-electron chi connectivity index (χ0n) is 19.2. The minimum Gasteiger partial charge on any atom is -0.392 e. The molecule has 1 saturated heterocycles. The monoisotopic (exact) mass is 535 g/mol. The van der Waals surface area contributed by atoms with E-state index in [1.807, 2.05) is 11.6 Å². The fourth-order valence-corrected chi connectivity index (χ4v) is 5.03. The molecule has 5 rings (SSSR count). The Kier molecular flexibility index (Phi) is 6.48. The lowest BCUT2D eigenvalue weighted by atomic mass is 10.0. The largest absolute Gasteiger partial charge is 0.416 e. The standard InChI is InChI=1S/C25H22Cl2F3N5O/c1-15-12-33(24-21(27)8-16(13-36)11-31-24)6-7-34(15)35-14-32-22-10-18(25(28,29)30)9-20(23(22)35)17-2-4-19(26)5-3-17/h2-5,8-11,14-15,36H,6-7,12-13H2,1H3/t15-/m1/s1. The average Bonchev–Trinajstić information content (AvgIpc) is 3.27. The predicted octanol–water partition coefficient (Wildman–Crippen LogP) is 5.76. The van der Waals surface area contributed by atoms with E-state index in [0.29, 0.717) is 57.7 Å². The molecule has 11 heteroatoms. The van der Waals surface area contributed by atoms with Crippen molar-refractivity contribution in [1.29, 1.82) is 0 Å². The quantitative estimate of drug-likeness (QED) is 0.360. The molecule has 2 aromatic carbocycles. The van der Waals surface area contributed by atoms with E-state index in [4.69, 9.17) is 23.2 Å². The highest BCUT2D eigenvalue weighted by Crippen LogP contribution is 2.38. The highest BCUT2D eigenvalue weighted by atomic mass is 35.5. The van der Waals surface area contributed by atoms with Crippen LogP contribution in [-0.4, -0.2) is 45.4 Å². The first kappa shape index (κ1) is 24.7. The van der Waals surface area contributed by atoms with Crippen LogP contribution in [0.15, 0.2) is 55.0 Å². The first-order valence-electron chi connectivity index (χ1n) is 11.3. The summed E-state index contributed by atoms with van der Waals surface area (Å²) < 4.78 is 42.9. The van der Waals surface area contributed by atoms with Crippen molar-refractivity contribution >= 4 is 40.1 Å². The first-order valence-corrected chi connectivity index (χ1v) is 12.0. The van der Waals surface area contributed by atoms with Crippen LogP contribution in [0.3, 0.4) is 0 Å². The zero-order valence-corrected chi connectivity index (χ0v) is 20.7. The lowest BCUT2D eigenvalue weighted by molar-refractivity contribution is -0.137. The molecule has 0 saturated carbocycles. The van der Waals surface area contributed by atoms with Crippen molar-refractivity contribution in [3.8, 4) is 11.1 Å². The van der Waals surface area contributed by atoms with Crippen molar-refractivity contribution in [1.82, 2.24) is 14.6 Å². The van der Waals surface area contributed by atoms with Crippen molar-refractivity contribution in [3.63, 3.8) is 0 Å². The number of aliphatic hydroxyl groups excluding tert-OH is 1. The highest BCUT2D eigenvalue weighted by Gasteiger charge is 2.33. The third-order valence-electron chi connectivity index (χ3n) is 6.34. The molecule has 4 aromatic rings.